The standard InChI is InChI=1S/C14H17BrN2S/c1-2-16-8-12(7-14-9-17-10-18-14)11-3-5-13(15)6-4-11/h3-6,9-10,12,16H,2,7-8H2,1H3. The molecule has 1 aromatic heterocycles. The highest BCUT2D eigenvalue weighted by atomic mass is 79.9. The number of nitrogens with one attached hydrogen (secondary N) is 1. The number of aromatic nitrogens is 1. The first kappa shape index (κ1) is 13.7. The number of thiazole rings is 1. The monoisotopic (exact) mass is 324 g/mol. The van der Waals surface area contributed by atoms with E-state index in [4.69, 9.17) is 0 Å². The summed E-state index contributed by atoms with van der Waals surface area (Å²) >= 11 is 5.22. The number of hydrogen-bond acceptors (Lipinski definition) is 3. The number of halogens is 1. The maximum Gasteiger partial charge on any atom is 0.0794 e. The maximum absolute atomic E-state index is 4.15. The highest BCUT2D eigenvalue weighted by Crippen LogP contribution is 2.23. The van der Waals surface area contributed by atoms with E-state index in [0.29, 0.717) is 5.92 Å². The van der Waals surface area contributed by atoms with Crippen LogP contribution < -0.4 is 5.32 Å². The molecule has 18 heavy (non-hydrogen) atoms. The molecule has 0 aliphatic heterocycles. The molecule has 0 spiro atoms. The summed E-state index contributed by atoms with van der Waals surface area (Å²) < 4.78 is 1.13. The van der Waals surface area contributed by atoms with Crippen molar-refractivity contribution < 1.29 is 0 Å². The molecule has 1 N–H and O–H groups in total. The van der Waals surface area contributed by atoms with Gasteiger partial charge in [-0.05, 0) is 30.7 Å². The minimum Gasteiger partial charge on any atom is -0.316 e. The Labute approximate surface area is 121 Å². The molecular formula is C14H17BrN2S. The molecule has 0 bridgehead atoms. The second kappa shape index (κ2) is 7.02. The Balaban J connectivity index is 2.11. The third kappa shape index (κ3) is 3.90. The largest absolute Gasteiger partial charge is 0.316 e. The summed E-state index contributed by atoms with van der Waals surface area (Å²) in [5.74, 6) is 0.512. The Kier molecular flexibility index (Phi) is 5.35. The van der Waals surface area contributed by atoms with Crippen LogP contribution in [0, 0.1) is 0 Å². The molecule has 0 amide bonds. The molecule has 0 aliphatic rings. The van der Waals surface area contributed by atoms with Crippen LogP contribution in [0.4, 0.5) is 0 Å². The van der Waals surface area contributed by atoms with Crippen molar-refractivity contribution in [3.8, 4) is 0 Å². The third-order valence-electron chi connectivity index (χ3n) is 2.91. The molecule has 1 aromatic carbocycles. The van der Waals surface area contributed by atoms with Gasteiger partial charge in [-0.3, -0.25) is 4.98 Å². The SMILES string of the molecule is CCNCC(Cc1cncs1)c1ccc(Br)cc1. The molecule has 1 unspecified atom stereocenters. The molecule has 0 saturated carbocycles. The lowest BCUT2D eigenvalue weighted by Gasteiger charge is -2.17. The average molecular weight is 325 g/mol. The quantitative estimate of drug-likeness (QED) is 0.873. The summed E-state index contributed by atoms with van der Waals surface area (Å²) in [7, 11) is 0. The van der Waals surface area contributed by atoms with Crippen LogP contribution in [0.5, 0.6) is 0 Å². The molecule has 0 radical (unpaired) electrons. The van der Waals surface area contributed by atoms with Crippen molar-refractivity contribution in [3.05, 3.63) is 50.9 Å². The zero-order valence-corrected chi connectivity index (χ0v) is 12.8. The number of nitrogens with zero attached hydrogens (tertiary/aromatic N) is 1. The first-order chi connectivity index (χ1) is 8.79. The summed E-state index contributed by atoms with van der Waals surface area (Å²) in [5.41, 5.74) is 3.29. The van der Waals surface area contributed by atoms with E-state index < -0.39 is 0 Å². The van der Waals surface area contributed by atoms with Gasteiger partial charge in [-0.2, -0.15) is 0 Å². The molecular weight excluding hydrogens is 308 g/mol. The molecule has 0 aliphatic carbocycles. The van der Waals surface area contributed by atoms with E-state index in [-0.39, 0.29) is 0 Å². The number of benzene rings is 1. The molecule has 1 atom stereocenters. The van der Waals surface area contributed by atoms with Crippen LogP contribution in [0.25, 0.3) is 0 Å². The smallest absolute Gasteiger partial charge is 0.0794 e. The van der Waals surface area contributed by atoms with Gasteiger partial charge in [0.2, 0.25) is 0 Å². The fraction of sp³-hybridized carbons (Fsp3) is 0.357. The van der Waals surface area contributed by atoms with E-state index >= 15 is 0 Å². The third-order valence-corrected chi connectivity index (χ3v) is 4.24. The van der Waals surface area contributed by atoms with Gasteiger partial charge in [0.1, 0.15) is 0 Å². The van der Waals surface area contributed by atoms with E-state index in [9.17, 15) is 0 Å². The van der Waals surface area contributed by atoms with Crippen LogP contribution >= 0.6 is 27.3 Å². The van der Waals surface area contributed by atoms with E-state index in [1.54, 1.807) is 11.3 Å². The van der Waals surface area contributed by atoms with E-state index in [1.807, 2.05) is 11.7 Å². The van der Waals surface area contributed by atoms with Gasteiger partial charge >= 0.3 is 0 Å². The van der Waals surface area contributed by atoms with Crippen molar-refractivity contribution in [2.24, 2.45) is 0 Å². The lowest BCUT2D eigenvalue weighted by molar-refractivity contribution is 0.598. The normalized spacial score (nSPS) is 12.6. The Morgan fingerprint density at radius 2 is 2.11 bits per heavy atom. The lowest BCUT2D eigenvalue weighted by Crippen LogP contribution is -2.22. The molecule has 2 aromatic rings. The van der Waals surface area contributed by atoms with Gasteiger partial charge in [0.15, 0.2) is 0 Å². The first-order valence-corrected chi connectivity index (χ1v) is 7.80. The fourth-order valence-electron chi connectivity index (χ4n) is 1.95. The van der Waals surface area contributed by atoms with Gasteiger partial charge in [0, 0.05) is 28.0 Å². The zero-order chi connectivity index (χ0) is 12.8. The Morgan fingerprint density at radius 3 is 2.72 bits per heavy atom. The number of likely N-dealkylation sites (N-methyl/N-ethyl adjacent to an activating group) is 1. The van der Waals surface area contributed by atoms with E-state index in [0.717, 1.165) is 24.0 Å². The molecule has 1 heterocycles. The molecule has 4 heteroatoms. The fourth-order valence-corrected chi connectivity index (χ4v) is 2.89. The predicted octanol–water partition coefficient (Wildman–Crippen LogP) is 3.84. The summed E-state index contributed by atoms with van der Waals surface area (Å²) in [6.07, 6.45) is 3.03. The molecule has 2 nitrogen and oxygen atoms in total. The minimum absolute atomic E-state index is 0.512. The van der Waals surface area contributed by atoms with Gasteiger partial charge in [0.05, 0.1) is 5.51 Å². The van der Waals surface area contributed by atoms with Crippen LogP contribution in [0.1, 0.15) is 23.3 Å². The topological polar surface area (TPSA) is 24.9 Å². The Morgan fingerprint density at radius 1 is 1.33 bits per heavy atom. The second-order valence-electron chi connectivity index (χ2n) is 4.23. The number of rotatable bonds is 6. The van der Waals surface area contributed by atoms with Crippen LogP contribution in [-0.4, -0.2) is 18.1 Å². The van der Waals surface area contributed by atoms with Crippen molar-refractivity contribution >= 4 is 27.3 Å². The highest BCUT2D eigenvalue weighted by Gasteiger charge is 2.12. The summed E-state index contributed by atoms with van der Waals surface area (Å²) in [6, 6.07) is 8.63. The van der Waals surface area contributed by atoms with Crippen LogP contribution in [0.3, 0.4) is 0 Å². The van der Waals surface area contributed by atoms with Crippen molar-refractivity contribution in [2.45, 2.75) is 19.3 Å². The van der Waals surface area contributed by atoms with E-state index in [2.05, 4.69) is 57.4 Å². The Hall–Kier alpha value is -0.710. The van der Waals surface area contributed by atoms with Crippen molar-refractivity contribution in [2.75, 3.05) is 13.1 Å². The molecule has 0 fully saturated rings. The molecule has 2 rings (SSSR count). The zero-order valence-electron chi connectivity index (χ0n) is 10.4. The van der Waals surface area contributed by atoms with Crippen molar-refractivity contribution in [3.63, 3.8) is 0 Å². The van der Waals surface area contributed by atoms with Crippen LogP contribution in [-0.2, 0) is 6.42 Å². The van der Waals surface area contributed by atoms with Gasteiger partial charge < -0.3 is 5.32 Å². The number of hydrogen-bond donors (Lipinski definition) is 1. The van der Waals surface area contributed by atoms with Crippen LogP contribution in [0.15, 0.2) is 40.4 Å². The van der Waals surface area contributed by atoms with Gasteiger partial charge in [-0.15, -0.1) is 11.3 Å². The summed E-state index contributed by atoms with van der Waals surface area (Å²) in [6.45, 7) is 4.16. The summed E-state index contributed by atoms with van der Waals surface area (Å²) in [5, 5.41) is 3.45. The second-order valence-corrected chi connectivity index (χ2v) is 6.11. The predicted molar refractivity (Wildman–Crippen MR) is 81.2 cm³/mol. The van der Waals surface area contributed by atoms with Crippen molar-refractivity contribution in [1.82, 2.24) is 10.3 Å². The highest BCUT2D eigenvalue weighted by molar-refractivity contribution is 9.10. The van der Waals surface area contributed by atoms with Gasteiger partial charge in [-0.25, -0.2) is 0 Å². The Bertz CT molecular complexity index is 453. The first-order valence-electron chi connectivity index (χ1n) is 6.13. The summed E-state index contributed by atoms with van der Waals surface area (Å²) in [4.78, 5) is 5.50. The molecule has 96 valence electrons. The van der Waals surface area contributed by atoms with E-state index in [1.165, 1.54) is 10.4 Å². The lowest BCUT2D eigenvalue weighted by atomic mass is 9.95. The average Bonchev–Trinajstić information content (AvgIpc) is 2.88. The minimum atomic E-state index is 0.512. The maximum atomic E-state index is 4.15. The van der Waals surface area contributed by atoms with Gasteiger partial charge in [-0.1, -0.05) is 35.0 Å². The van der Waals surface area contributed by atoms with Gasteiger partial charge in [0.25, 0.3) is 0 Å². The van der Waals surface area contributed by atoms with Crippen LogP contribution in [0.2, 0.25) is 0 Å². The van der Waals surface area contributed by atoms with Crippen molar-refractivity contribution in [1.29, 1.82) is 0 Å². The molecule has 0 saturated heterocycles.